The van der Waals surface area contributed by atoms with E-state index in [1.54, 1.807) is 23.2 Å². The predicted octanol–water partition coefficient (Wildman–Crippen LogP) is 5.16. The zero-order valence-corrected chi connectivity index (χ0v) is 16.4. The average molecular weight is 401 g/mol. The molecule has 0 bridgehead atoms. The summed E-state index contributed by atoms with van der Waals surface area (Å²) in [5.41, 5.74) is 3.83. The van der Waals surface area contributed by atoms with Crippen molar-refractivity contribution in [3.8, 4) is 6.07 Å². The van der Waals surface area contributed by atoms with E-state index in [1.807, 2.05) is 61.5 Å². The molecule has 2 heterocycles. The largest absolute Gasteiger partial charge is 0.358 e. The Balaban J connectivity index is 1.64. The number of para-hydroxylation sites is 1. The Morgan fingerprint density at radius 1 is 1.24 bits per heavy atom. The Morgan fingerprint density at radius 2 is 2.00 bits per heavy atom. The number of H-pyrrole nitrogens is 1. The fourth-order valence-electron chi connectivity index (χ4n) is 3.36. The van der Waals surface area contributed by atoms with Crippen molar-refractivity contribution in [1.82, 2.24) is 14.8 Å². The summed E-state index contributed by atoms with van der Waals surface area (Å²) in [6, 6.07) is 17.2. The van der Waals surface area contributed by atoms with Crippen molar-refractivity contribution in [2.45, 2.75) is 13.5 Å². The molecule has 4 aromatic rings. The van der Waals surface area contributed by atoms with Crippen molar-refractivity contribution < 1.29 is 4.79 Å². The van der Waals surface area contributed by atoms with Crippen LogP contribution in [0.15, 0.2) is 66.5 Å². The standard InChI is InChI=1S/C23H17ClN4O/c1-15-22(19-7-3-5-9-21(19)27-15)23(29)18(11-25)10-16-12-26-28(13-16)14-17-6-2-4-8-20(17)24/h2-10,12-13,27H,14H2,1H3/b18-10+. The number of nitriles is 1. The number of nitrogens with zero attached hydrogens (tertiary/aromatic N) is 3. The fraction of sp³-hybridized carbons (Fsp3) is 0.0870. The van der Waals surface area contributed by atoms with Gasteiger partial charge >= 0.3 is 0 Å². The van der Waals surface area contributed by atoms with Crippen molar-refractivity contribution in [1.29, 1.82) is 5.26 Å². The second-order valence-corrected chi connectivity index (χ2v) is 7.14. The first kappa shape index (κ1) is 18.7. The Morgan fingerprint density at radius 3 is 2.79 bits per heavy atom. The summed E-state index contributed by atoms with van der Waals surface area (Å²) in [7, 11) is 0. The molecule has 0 aliphatic carbocycles. The van der Waals surface area contributed by atoms with Gasteiger partial charge < -0.3 is 4.98 Å². The number of hydrogen-bond donors (Lipinski definition) is 1. The van der Waals surface area contributed by atoms with Gasteiger partial charge in [0.1, 0.15) is 11.6 Å². The van der Waals surface area contributed by atoms with Gasteiger partial charge in [-0.3, -0.25) is 9.48 Å². The number of Topliss-reactive ketones (excluding diaryl/α,β-unsaturated/α-hetero) is 1. The lowest BCUT2D eigenvalue weighted by atomic mass is 10.00. The van der Waals surface area contributed by atoms with Crippen LogP contribution in [0, 0.1) is 18.3 Å². The molecule has 6 heteroatoms. The van der Waals surface area contributed by atoms with Gasteiger partial charge in [0, 0.05) is 33.4 Å². The topological polar surface area (TPSA) is 74.5 Å². The quantitative estimate of drug-likeness (QED) is 0.285. The van der Waals surface area contributed by atoms with E-state index < -0.39 is 0 Å². The first-order valence-corrected chi connectivity index (χ1v) is 9.44. The monoisotopic (exact) mass is 400 g/mol. The Kier molecular flexibility index (Phi) is 5.03. The number of fused-ring (bicyclic) bond motifs is 1. The van der Waals surface area contributed by atoms with Crippen molar-refractivity contribution in [2.75, 3.05) is 0 Å². The third-order valence-corrected chi connectivity index (χ3v) is 5.11. The zero-order chi connectivity index (χ0) is 20.4. The van der Waals surface area contributed by atoms with E-state index in [1.165, 1.54) is 0 Å². The Labute approximate surface area is 172 Å². The number of hydrogen-bond acceptors (Lipinski definition) is 3. The van der Waals surface area contributed by atoms with E-state index in [4.69, 9.17) is 11.6 Å². The zero-order valence-electron chi connectivity index (χ0n) is 15.7. The summed E-state index contributed by atoms with van der Waals surface area (Å²) in [5.74, 6) is -0.304. The van der Waals surface area contributed by atoms with Crippen LogP contribution in [0.1, 0.15) is 27.2 Å². The second-order valence-electron chi connectivity index (χ2n) is 6.73. The van der Waals surface area contributed by atoms with Gasteiger partial charge in [-0.05, 0) is 30.7 Å². The van der Waals surface area contributed by atoms with Crippen LogP contribution in [0.3, 0.4) is 0 Å². The average Bonchev–Trinajstić information content (AvgIpc) is 3.30. The number of carbonyl (C=O) groups is 1. The van der Waals surface area contributed by atoms with Crippen LogP contribution in [0.2, 0.25) is 5.02 Å². The molecule has 4 rings (SSSR count). The summed E-state index contributed by atoms with van der Waals surface area (Å²) >= 11 is 6.21. The normalized spacial score (nSPS) is 11.6. The summed E-state index contributed by atoms with van der Waals surface area (Å²) in [6.45, 7) is 2.34. The van der Waals surface area contributed by atoms with Crippen molar-refractivity contribution in [3.05, 3.63) is 93.9 Å². The van der Waals surface area contributed by atoms with Crippen LogP contribution in [0.25, 0.3) is 17.0 Å². The Hall–Kier alpha value is -3.62. The lowest BCUT2D eigenvalue weighted by Crippen LogP contribution is -2.03. The molecule has 0 aliphatic rings. The third-order valence-electron chi connectivity index (χ3n) is 4.74. The van der Waals surface area contributed by atoms with E-state index in [0.29, 0.717) is 22.7 Å². The molecule has 0 spiro atoms. The predicted molar refractivity (Wildman–Crippen MR) is 114 cm³/mol. The van der Waals surface area contributed by atoms with Gasteiger partial charge in [-0.2, -0.15) is 10.4 Å². The van der Waals surface area contributed by atoms with Gasteiger partial charge in [-0.25, -0.2) is 0 Å². The van der Waals surface area contributed by atoms with E-state index in [2.05, 4.69) is 10.1 Å². The van der Waals surface area contributed by atoms with Gasteiger partial charge in [-0.15, -0.1) is 0 Å². The number of allylic oxidation sites excluding steroid dienone is 1. The SMILES string of the molecule is Cc1[nH]c2ccccc2c1C(=O)/C(C#N)=C/c1cnn(Cc2ccccc2Cl)c1. The van der Waals surface area contributed by atoms with Gasteiger partial charge in [0.15, 0.2) is 0 Å². The summed E-state index contributed by atoms with van der Waals surface area (Å²) in [6.07, 6.45) is 4.99. The highest BCUT2D eigenvalue weighted by Gasteiger charge is 2.19. The lowest BCUT2D eigenvalue weighted by Gasteiger charge is -2.03. The molecule has 0 amide bonds. The van der Waals surface area contributed by atoms with Crippen LogP contribution >= 0.6 is 11.6 Å². The van der Waals surface area contributed by atoms with Gasteiger partial charge in [-0.1, -0.05) is 48.0 Å². The smallest absolute Gasteiger partial charge is 0.205 e. The summed E-state index contributed by atoms with van der Waals surface area (Å²) < 4.78 is 1.73. The molecule has 0 unspecified atom stereocenters. The Bertz CT molecular complexity index is 1290. The van der Waals surface area contributed by atoms with E-state index in [0.717, 1.165) is 22.2 Å². The molecule has 0 fully saturated rings. The van der Waals surface area contributed by atoms with Crippen LogP contribution in [0.5, 0.6) is 0 Å². The third kappa shape index (κ3) is 3.71. The van der Waals surface area contributed by atoms with E-state index in [9.17, 15) is 10.1 Å². The highest BCUT2D eigenvalue weighted by Crippen LogP contribution is 2.25. The summed E-state index contributed by atoms with van der Waals surface area (Å²) in [5, 5.41) is 15.4. The number of ketones is 1. The number of halogens is 1. The molecular formula is C23H17ClN4O. The molecule has 0 aliphatic heterocycles. The maximum atomic E-state index is 13.1. The maximum absolute atomic E-state index is 13.1. The minimum Gasteiger partial charge on any atom is -0.358 e. The molecule has 2 aromatic carbocycles. The highest BCUT2D eigenvalue weighted by molar-refractivity contribution is 6.31. The summed E-state index contributed by atoms with van der Waals surface area (Å²) in [4.78, 5) is 16.3. The van der Waals surface area contributed by atoms with E-state index >= 15 is 0 Å². The van der Waals surface area contributed by atoms with Crippen LogP contribution in [0.4, 0.5) is 0 Å². The number of nitrogens with one attached hydrogen (secondary N) is 1. The highest BCUT2D eigenvalue weighted by atomic mass is 35.5. The van der Waals surface area contributed by atoms with Crippen molar-refractivity contribution in [2.24, 2.45) is 0 Å². The number of aromatic amines is 1. The van der Waals surface area contributed by atoms with Gasteiger partial charge in [0.25, 0.3) is 0 Å². The number of aryl methyl sites for hydroxylation is 1. The molecule has 2 aromatic heterocycles. The molecular weight excluding hydrogens is 384 g/mol. The maximum Gasteiger partial charge on any atom is 0.205 e. The molecule has 0 saturated carbocycles. The molecule has 29 heavy (non-hydrogen) atoms. The lowest BCUT2D eigenvalue weighted by molar-refractivity contribution is 0.104. The second kappa shape index (κ2) is 7.78. The van der Waals surface area contributed by atoms with Crippen LogP contribution in [-0.4, -0.2) is 20.5 Å². The number of benzene rings is 2. The number of rotatable bonds is 5. The molecule has 5 nitrogen and oxygen atoms in total. The van der Waals surface area contributed by atoms with Gasteiger partial charge in [0.05, 0.1) is 18.3 Å². The fourth-order valence-corrected chi connectivity index (χ4v) is 3.56. The number of aromatic nitrogens is 3. The molecule has 0 radical (unpaired) electrons. The van der Waals surface area contributed by atoms with Crippen molar-refractivity contribution >= 4 is 34.4 Å². The number of carbonyl (C=O) groups excluding carboxylic acids is 1. The molecule has 1 N–H and O–H groups in total. The van der Waals surface area contributed by atoms with E-state index in [-0.39, 0.29) is 11.4 Å². The molecule has 0 atom stereocenters. The van der Waals surface area contributed by atoms with Crippen molar-refractivity contribution in [3.63, 3.8) is 0 Å². The first-order valence-electron chi connectivity index (χ1n) is 9.06. The first-order chi connectivity index (χ1) is 14.1. The minimum absolute atomic E-state index is 0.0650. The van der Waals surface area contributed by atoms with Crippen LogP contribution < -0.4 is 0 Å². The molecule has 0 saturated heterocycles. The molecule has 142 valence electrons. The minimum atomic E-state index is -0.304. The van der Waals surface area contributed by atoms with Crippen LogP contribution in [-0.2, 0) is 6.54 Å². The van der Waals surface area contributed by atoms with Gasteiger partial charge in [0.2, 0.25) is 5.78 Å².